The maximum Gasteiger partial charge on any atom is 0.295 e. The number of aromatic amines is 1. The lowest BCUT2D eigenvalue weighted by molar-refractivity contribution is -0.131. The number of H-pyrrole nitrogens is 1. The normalized spacial score (nSPS) is 17.8. The molecule has 6 rings (SSSR count). The van der Waals surface area contributed by atoms with Crippen LogP contribution in [-0.4, -0.2) is 67.0 Å². The summed E-state index contributed by atoms with van der Waals surface area (Å²) in [5.74, 6) is -1.18. The van der Waals surface area contributed by atoms with Crippen LogP contribution in [0.5, 0.6) is 0 Å². The average molecular weight is 438 g/mol. The summed E-state index contributed by atoms with van der Waals surface area (Å²) in [4.78, 5) is 58.4. The Bertz CT molecular complexity index is 1420. The van der Waals surface area contributed by atoms with E-state index in [1.807, 2.05) is 18.2 Å². The minimum Gasteiger partial charge on any atom is -0.354 e. The molecule has 0 saturated carbocycles. The minimum absolute atomic E-state index is 0.0962. The Hall–Kier alpha value is -4.40. The molecule has 0 unspecified atom stereocenters. The SMILES string of the molecule is O=C1C(=O)N2CCN(C(=O)c3ccccc3)C[C@H]2c2[nH]c3c(-c4cncnc4)nccc3c21. The second-order valence-electron chi connectivity index (χ2n) is 8.08. The molecular weight excluding hydrogens is 420 g/mol. The number of pyridine rings is 1. The summed E-state index contributed by atoms with van der Waals surface area (Å²) in [7, 11) is 0. The van der Waals surface area contributed by atoms with Crippen LogP contribution >= 0.6 is 0 Å². The molecule has 3 aromatic heterocycles. The predicted octanol–water partition coefficient (Wildman–Crippen LogP) is 2.24. The molecular formula is C24H18N6O3. The van der Waals surface area contributed by atoms with Crippen LogP contribution in [-0.2, 0) is 4.79 Å². The third-order valence-electron chi connectivity index (χ3n) is 6.29. The zero-order valence-corrected chi connectivity index (χ0v) is 17.4. The summed E-state index contributed by atoms with van der Waals surface area (Å²) in [6.07, 6.45) is 6.34. The molecule has 1 aromatic carbocycles. The van der Waals surface area contributed by atoms with E-state index in [0.29, 0.717) is 58.6 Å². The molecule has 33 heavy (non-hydrogen) atoms. The first kappa shape index (κ1) is 19.3. The van der Waals surface area contributed by atoms with Crippen LogP contribution < -0.4 is 0 Å². The van der Waals surface area contributed by atoms with Gasteiger partial charge in [0.1, 0.15) is 6.33 Å². The zero-order chi connectivity index (χ0) is 22.5. The third-order valence-corrected chi connectivity index (χ3v) is 6.29. The lowest BCUT2D eigenvalue weighted by Gasteiger charge is -2.43. The Morgan fingerprint density at radius 1 is 1.03 bits per heavy atom. The van der Waals surface area contributed by atoms with Crippen LogP contribution in [0, 0.1) is 0 Å². The summed E-state index contributed by atoms with van der Waals surface area (Å²) in [5.41, 5.74) is 3.52. The molecule has 162 valence electrons. The highest BCUT2D eigenvalue weighted by Crippen LogP contribution is 2.39. The van der Waals surface area contributed by atoms with Crippen LogP contribution in [0.3, 0.4) is 0 Å². The number of hydrogen-bond donors (Lipinski definition) is 1. The highest BCUT2D eigenvalue weighted by atomic mass is 16.2. The number of aromatic nitrogens is 4. The molecule has 2 aliphatic heterocycles. The average Bonchev–Trinajstić information content (AvgIpc) is 3.28. The second kappa shape index (κ2) is 7.33. The molecule has 0 bridgehead atoms. The number of amides is 2. The second-order valence-corrected chi connectivity index (χ2v) is 8.08. The van der Waals surface area contributed by atoms with Gasteiger partial charge >= 0.3 is 0 Å². The van der Waals surface area contributed by atoms with Crippen molar-refractivity contribution in [3.05, 3.63) is 78.1 Å². The molecule has 2 amide bonds. The molecule has 0 radical (unpaired) electrons. The summed E-state index contributed by atoms with van der Waals surface area (Å²) < 4.78 is 0. The molecule has 4 aromatic rings. The summed E-state index contributed by atoms with van der Waals surface area (Å²) >= 11 is 0. The fourth-order valence-corrected chi connectivity index (χ4v) is 4.73. The van der Waals surface area contributed by atoms with E-state index in [1.54, 1.807) is 46.6 Å². The van der Waals surface area contributed by atoms with E-state index >= 15 is 0 Å². The van der Waals surface area contributed by atoms with E-state index in [1.165, 1.54) is 6.33 Å². The van der Waals surface area contributed by atoms with Gasteiger partial charge < -0.3 is 14.8 Å². The van der Waals surface area contributed by atoms with Gasteiger partial charge in [0.15, 0.2) is 0 Å². The van der Waals surface area contributed by atoms with Crippen molar-refractivity contribution >= 4 is 28.5 Å². The van der Waals surface area contributed by atoms with E-state index in [9.17, 15) is 14.4 Å². The molecule has 5 heterocycles. The van der Waals surface area contributed by atoms with Crippen molar-refractivity contribution in [3.63, 3.8) is 0 Å². The highest BCUT2D eigenvalue weighted by molar-refractivity contribution is 6.46. The number of carbonyl (C=O) groups excluding carboxylic acids is 3. The first-order chi connectivity index (χ1) is 16.1. The number of benzene rings is 1. The predicted molar refractivity (Wildman–Crippen MR) is 118 cm³/mol. The van der Waals surface area contributed by atoms with Gasteiger partial charge in [0, 0.05) is 54.7 Å². The molecule has 0 aliphatic carbocycles. The van der Waals surface area contributed by atoms with Gasteiger partial charge in [-0.2, -0.15) is 0 Å². The number of nitrogens with one attached hydrogen (secondary N) is 1. The molecule has 1 atom stereocenters. The van der Waals surface area contributed by atoms with E-state index in [-0.39, 0.29) is 5.91 Å². The van der Waals surface area contributed by atoms with Gasteiger partial charge in [-0.05, 0) is 18.2 Å². The largest absolute Gasteiger partial charge is 0.354 e. The van der Waals surface area contributed by atoms with E-state index in [4.69, 9.17) is 0 Å². The van der Waals surface area contributed by atoms with Crippen molar-refractivity contribution in [2.24, 2.45) is 0 Å². The van der Waals surface area contributed by atoms with Gasteiger partial charge in [-0.15, -0.1) is 0 Å². The molecule has 1 N–H and O–H groups in total. The van der Waals surface area contributed by atoms with Gasteiger partial charge in [0.05, 0.1) is 28.5 Å². The highest BCUT2D eigenvalue weighted by Gasteiger charge is 2.44. The molecule has 1 saturated heterocycles. The van der Waals surface area contributed by atoms with E-state index in [0.717, 1.165) is 0 Å². The Morgan fingerprint density at radius 2 is 1.82 bits per heavy atom. The number of hydrogen-bond acceptors (Lipinski definition) is 6. The maximum absolute atomic E-state index is 13.1. The maximum atomic E-state index is 13.1. The van der Waals surface area contributed by atoms with Crippen LogP contribution in [0.2, 0.25) is 0 Å². The molecule has 1 fully saturated rings. The summed E-state index contributed by atoms with van der Waals surface area (Å²) in [5, 5.41) is 0.628. The lowest BCUT2D eigenvalue weighted by atomic mass is 9.93. The Labute approximate surface area is 188 Å². The number of ketones is 1. The molecule has 9 nitrogen and oxygen atoms in total. The minimum atomic E-state index is -0.545. The van der Waals surface area contributed by atoms with Crippen LogP contribution in [0.25, 0.3) is 22.2 Å². The number of piperazine rings is 1. The summed E-state index contributed by atoms with van der Waals surface area (Å²) in [6, 6.07) is 10.3. The van der Waals surface area contributed by atoms with Crippen LogP contribution in [0.4, 0.5) is 0 Å². The standard InChI is InChI=1S/C24H18N6O3/c31-22-18-16-6-7-27-19(15-10-25-13-26-11-15)20(16)28-21(18)17-12-29(8-9-30(17)24(22)33)23(32)14-4-2-1-3-5-14/h1-7,10-11,13,17,28H,8-9,12H2/t17-/m0/s1. The topological polar surface area (TPSA) is 112 Å². The van der Waals surface area contributed by atoms with Gasteiger partial charge in [-0.25, -0.2) is 9.97 Å². The molecule has 2 aliphatic rings. The number of rotatable bonds is 2. The van der Waals surface area contributed by atoms with Gasteiger partial charge in [0.25, 0.3) is 17.6 Å². The monoisotopic (exact) mass is 438 g/mol. The Morgan fingerprint density at radius 3 is 2.61 bits per heavy atom. The number of Topliss-reactive ketones (excluding diaryl/α,β-unsaturated/α-hetero) is 1. The van der Waals surface area contributed by atoms with Gasteiger partial charge in [0.2, 0.25) is 0 Å². The van der Waals surface area contributed by atoms with Crippen molar-refractivity contribution in [2.75, 3.05) is 19.6 Å². The Kier molecular flexibility index (Phi) is 4.29. The first-order valence-electron chi connectivity index (χ1n) is 10.6. The molecule has 0 spiro atoms. The fraction of sp³-hybridized carbons (Fsp3) is 0.167. The van der Waals surface area contributed by atoms with Crippen LogP contribution in [0.15, 0.2) is 61.3 Å². The van der Waals surface area contributed by atoms with Gasteiger partial charge in [-0.3, -0.25) is 19.4 Å². The first-order valence-corrected chi connectivity index (χ1v) is 10.6. The fourth-order valence-electron chi connectivity index (χ4n) is 4.73. The quantitative estimate of drug-likeness (QED) is 0.481. The Balaban J connectivity index is 1.46. The van der Waals surface area contributed by atoms with Gasteiger partial charge in [-0.1, -0.05) is 18.2 Å². The van der Waals surface area contributed by atoms with Crippen molar-refractivity contribution in [1.82, 2.24) is 29.7 Å². The smallest absolute Gasteiger partial charge is 0.295 e. The van der Waals surface area contributed by atoms with Crippen molar-refractivity contribution < 1.29 is 14.4 Å². The summed E-state index contributed by atoms with van der Waals surface area (Å²) in [6.45, 7) is 0.955. The van der Waals surface area contributed by atoms with Crippen molar-refractivity contribution in [2.45, 2.75) is 6.04 Å². The number of nitrogens with zero attached hydrogens (tertiary/aromatic N) is 5. The van der Waals surface area contributed by atoms with Crippen molar-refractivity contribution in [3.8, 4) is 11.3 Å². The number of fused-ring (bicyclic) bond motifs is 5. The number of carbonyl (C=O) groups is 3. The van der Waals surface area contributed by atoms with Crippen LogP contribution in [0.1, 0.15) is 32.5 Å². The van der Waals surface area contributed by atoms with E-state index < -0.39 is 17.7 Å². The third kappa shape index (κ3) is 2.93. The zero-order valence-electron chi connectivity index (χ0n) is 17.4. The van der Waals surface area contributed by atoms with E-state index in [2.05, 4.69) is 19.9 Å². The molecule has 9 heteroatoms. The lowest BCUT2D eigenvalue weighted by Crippen LogP contribution is -2.56. The van der Waals surface area contributed by atoms with Crippen molar-refractivity contribution in [1.29, 1.82) is 0 Å².